The normalized spacial score (nSPS) is 11.2. The van der Waals surface area contributed by atoms with E-state index in [-0.39, 0.29) is 23.7 Å². The molecular formula is C15H17N5O3S3. The third-order valence-electron chi connectivity index (χ3n) is 3.26. The van der Waals surface area contributed by atoms with Crippen LogP contribution in [0, 0.1) is 6.92 Å². The summed E-state index contributed by atoms with van der Waals surface area (Å²) in [5.74, 6) is 2.05. The largest absolute Gasteiger partial charge is 0.462 e. The standard InChI is InChI=1S/C15H17N5O3S3/c1-4-22-13(21)9-7(3)23-12-10(9)11(16)17-8(18-12)6-25-15-20-19-14(26-15)24-5-2/h4-6H2,1-3H3,(H2,16,17,18). The Hall–Kier alpha value is -1.85. The fraction of sp³-hybridized carbons (Fsp3) is 0.400. The van der Waals surface area contributed by atoms with Gasteiger partial charge >= 0.3 is 5.97 Å². The first-order valence-electron chi connectivity index (χ1n) is 7.85. The zero-order valence-electron chi connectivity index (χ0n) is 14.4. The minimum atomic E-state index is -0.490. The summed E-state index contributed by atoms with van der Waals surface area (Å²) in [4.78, 5) is 20.8. The van der Waals surface area contributed by atoms with Crippen molar-refractivity contribution < 1.29 is 13.9 Å². The second kappa shape index (κ2) is 8.23. The van der Waals surface area contributed by atoms with Crippen molar-refractivity contribution in [1.82, 2.24) is 20.2 Å². The van der Waals surface area contributed by atoms with Gasteiger partial charge in [-0.25, -0.2) is 9.78 Å². The molecule has 0 aliphatic carbocycles. The predicted molar refractivity (Wildman–Crippen MR) is 103 cm³/mol. The minimum Gasteiger partial charge on any atom is -0.462 e. The number of carbonyl (C=O) groups is 1. The van der Waals surface area contributed by atoms with Gasteiger partial charge in [0, 0.05) is 0 Å². The molecular weight excluding hydrogens is 394 g/mol. The fourth-order valence-electron chi connectivity index (χ4n) is 2.26. The van der Waals surface area contributed by atoms with Crippen LogP contribution in [-0.4, -0.2) is 38.5 Å². The van der Waals surface area contributed by atoms with Crippen LogP contribution in [0.15, 0.2) is 13.1 Å². The molecule has 0 atom stereocenters. The van der Waals surface area contributed by atoms with E-state index in [0.717, 1.165) is 14.4 Å². The lowest BCUT2D eigenvalue weighted by Crippen LogP contribution is -2.07. The summed E-state index contributed by atoms with van der Waals surface area (Å²) < 4.78 is 12.4. The number of hydrogen-bond donors (Lipinski definition) is 1. The second-order valence-electron chi connectivity index (χ2n) is 5.01. The highest BCUT2D eigenvalue weighted by molar-refractivity contribution is 8.02. The lowest BCUT2D eigenvalue weighted by atomic mass is 10.2. The van der Waals surface area contributed by atoms with Crippen molar-refractivity contribution in [3.05, 3.63) is 17.1 Å². The van der Waals surface area contributed by atoms with Crippen molar-refractivity contribution in [3.63, 3.8) is 0 Å². The molecule has 0 saturated heterocycles. The molecule has 138 valence electrons. The van der Waals surface area contributed by atoms with Crippen LogP contribution < -0.4 is 5.73 Å². The SMILES string of the molecule is CCOC(=O)c1c(C)oc2nc(CSc3nnc(SCC)s3)nc(N)c12. The number of nitrogens with two attached hydrogens (primary N) is 1. The van der Waals surface area contributed by atoms with E-state index < -0.39 is 5.97 Å². The van der Waals surface area contributed by atoms with Gasteiger partial charge in [-0.15, -0.1) is 10.2 Å². The van der Waals surface area contributed by atoms with E-state index in [0.29, 0.717) is 22.7 Å². The van der Waals surface area contributed by atoms with Crippen LogP contribution in [0.2, 0.25) is 0 Å². The Kier molecular flexibility index (Phi) is 5.99. The fourth-order valence-corrected chi connectivity index (χ4v) is 5.03. The molecule has 0 fully saturated rings. The Morgan fingerprint density at radius 2 is 1.96 bits per heavy atom. The molecule has 11 heteroatoms. The van der Waals surface area contributed by atoms with Gasteiger partial charge in [0.2, 0.25) is 5.71 Å². The molecule has 3 heterocycles. The van der Waals surface area contributed by atoms with Gasteiger partial charge in [0.1, 0.15) is 23.0 Å². The molecule has 26 heavy (non-hydrogen) atoms. The third kappa shape index (κ3) is 3.94. The number of nitrogens with zero attached hydrogens (tertiary/aromatic N) is 4. The third-order valence-corrected chi connectivity index (χ3v) is 6.33. The summed E-state index contributed by atoms with van der Waals surface area (Å²) >= 11 is 4.67. The quantitative estimate of drug-likeness (QED) is 0.457. The number of nitrogen functional groups attached to an aromatic ring is 1. The van der Waals surface area contributed by atoms with Gasteiger partial charge in [0.05, 0.1) is 17.7 Å². The molecule has 3 rings (SSSR count). The van der Waals surface area contributed by atoms with Crippen molar-refractivity contribution in [3.8, 4) is 0 Å². The smallest absolute Gasteiger partial charge is 0.342 e. The molecule has 0 aliphatic rings. The average molecular weight is 412 g/mol. The molecule has 0 aromatic carbocycles. The minimum absolute atomic E-state index is 0.199. The predicted octanol–water partition coefficient (Wildman–Crippen LogP) is 3.55. The van der Waals surface area contributed by atoms with Crippen molar-refractivity contribution in [2.45, 2.75) is 35.2 Å². The highest BCUT2D eigenvalue weighted by atomic mass is 32.2. The van der Waals surface area contributed by atoms with Gasteiger partial charge in [0.15, 0.2) is 8.68 Å². The van der Waals surface area contributed by atoms with Crippen LogP contribution >= 0.6 is 34.9 Å². The first-order chi connectivity index (χ1) is 12.5. The molecule has 0 aliphatic heterocycles. The summed E-state index contributed by atoms with van der Waals surface area (Å²) in [6.45, 7) is 5.75. The molecule has 8 nitrogen and oxygen atoms in total. The summed E-state index contributed by atoms with van der Waals surface area (Å²) in [5, 5.41) is 8.64. The summed E-state index contributed by atoms with van der Waals surface area (Å²) in [7, 11) is 0. The van der Waals surface area contributed by atoms with E-state index >= 15 is 0 Å². The maximum atomic E-state index is 12.1. The molecule has 0 unspecified atom stereocenters. The molecule has 2 N–H and O–H groups in total. The highest BCUT2D eigenvalue weighted by Crippen LogP contribution is 2.32. The van der Waals surface area contributed by atoms with Crippen molar-refractivity contribution in [2.75, 3.05) is 18.1 Å². The van der Waals surface area contributed by atoms with Crippen LogP contribution in [0.3, 0.4) is 0 Å². The number of fused-ring (bicyclic) bond motifs is 1. The Morgan fingerprint density at radius 3 is 2.65 bits per heavy atom. The molecule has 0 radical (unpaired) electrons. The zero-order chi connectivity index (χ0) is 18.7. The summed E-state index contributed by atoms with van der Waals surface area (Å²) in [6.07, 6.45) is 0. The molecule has 3 aromatic rings. The maximum Gasteiger partial charge on any atom is 0.342 e. The van der Waals surface area contributed by atoms with Crippen LogP contribution in [0.25, 0.3) is 11.1 Å². The number of anilines is 1. The van der Waals surface area contributed by atoms with E-state index in [4.69, 9.17) is 14.9 Å². The van der Waals surface area contributed by atoms with Gasteiger partial charge in [-0.05, 0) is 19.6 Å². The number of aryl methyl sites for hydroxylation is 1. The Morgan fingerprint density at radius 1 is 1.23 bits per heavy atom. The number of ether oxygens (including phenoxy) is 1. The number of aromatic nitrogens is 4. The van der Waals surface area contributed by atoms with E-state index in [1.165, 1.54) is 23.1 Å². The zero-order valence-corrected chi connectivity index (χ0v) is 16.9. The monoisotopic (exact) mass is 411 g/mol. The topological polar surface area (TPSA) is 117 Å². The lowest BCUT2D eigenvalue weighted by Gasteiger charge is -2.03. The average Bonchev–Trinajstić information content (AvgIpc) is 3.17. The summed E-state index contributed by atoms with van der Waals surface area (Å²) in [5.41, 5.74) is 6.63. The van der Waals surface area contributed by atoms with E-state index in [1.54, 1.807) is 25.6 Å². The Labute approximate surface area is 162 Å². The van der Waals surface area contributed by atoms with E-state index in [1.807, 2.05) is 0 Å². The number of esters is 1. The van der Waals surface area contributed by atoms with Crippen LogP contribution in [-0.2, 0) is 10.5 Å². The molecule has 0 saturated carbocycles. The Bertz CT molecular complexity index is 940. The highest BCUT2D eigenvalue weighted by Gasteiger charge is 2.24. The van der Waals surface area contributed by atoms with Gasteiger partial charge < -0.3 is 14.9 Å². The Balaban J connectivity index is 1.83. The number of rotatable bonds is 7. The van der Waals surface area contributed by atoms with Crippen LogP contribution in [0.5, 0.6) is 0 Å². The second-order valence-corrected chi connectivity index (χ2v) is 8.73. The van der Waals surface area contributed by atoms with Gasteiger partial charge in [0.25, 0.3) is 0 Å². The first-order valence-corrected chi connectivity index (χ1v) is 10.6. The number of thioether (sulfide) groups is 2. The molecule has 0 amide bonds. The maximum absolute atomic E-state index is 12.1. The number of hydrogen-bond acceptors (Lipinski definition) is 11. The molecule has 0 spiro atoms. The van der Waals surface area contributed by atoms with Crippen molar-refractivity contribution >= 4 is 57.7 Å². The van der Waals surface area contributed by atoms with Crippen LogP contribution in [0.4, 0.5) is 5.82 Å². The van der Waals surface area contributed by atoms with Crippen LogP contribution in [0.1, 0.15) is 35.8 Å². The molecule has 0 bridgehead atoms. The molecule has 3 aromatic heterocycles. The number of carbonyl (C=O) groups excluding carboxylic acids is 1. The van der Waals surface area contributed by atoms with Gasteiger partial charge in [-0.1, -0.05) is 41.8 Å². The van der Waals surface area contributed by atoms with Gasteiger partial charge in [-0.2, -0.15) is 4.98 Å². The van der Waals surface area contributed by atoms with Crippen molar-refractivity contribution in [2.24, 2.45) is 0 Å². The van der Waals surface area contributed by atoms with E-state index in [9.17, 15) is 4.79 Å². The number of furan rings is 1. The summed E-state index contributed by atoms with van der Waals surface area (Å²) in [6, 6.07) is 0. The van der Waals surface area contributed by atoms with Gasteiger partial charge in [-0.3, -0.25) is 0 Å². The first kappa shape index (κ1) is 18.9. The van der Waals surface area contributed by atoms with E-state index in [2.05, 4.69) is 27.1 Å². The lowest BCUT2D eigenvalue weighted by molar-refractivity contribution is 0.0526. The van der Waals surface area contributed by atoms with Crippen molar-refractivity contribution in [1.29, 1.82) is 0 Å².